The summed E-state index contributed by atoms with van der Waals surface area (Å²) in [7, 11) is 0. The topological polar surface area (TPSA) is 68.0 Å². The highest BCUT2D eigenvalue weighted by Crippen LogP contribution is 2.02. The molecule has 0 aliphatic rings. The Kier molecular flexibility index (Phi) is 2.76. The van der Waals surface area contributed by atoms with Crippen LogP contribution in [-0.2, 0) is 6.42 Å². The van der Waals surface area contributed by atoms with E-state index in [1.807, 2.05) is 6.92 Å². The van der Waals surface area contributed by atoms with Gasteiger partial charge in [0, 0.05) is 12.4 Å². The van der Waals surface area contributed by atoms with Gasteiger partial charge < -0.3 is 0 Å². The molecule has 0 fully saturated rings. The van der Waals surface area contributed by atoms with Crippen LogP contribution in [0.3, 0.4) is 0 Å². The molecule has 1 amide bonds. The van der Waals surface area contributed by atoms with Crippen molar-refractivity contribution in [2.75, 3.05) is 0 Å². The van der Waals surface area contributed by atoms with Crippen LogP contribution in [0.4, 0.5) is 0 Å². The van der Waals surface area contributed by atoms with Crippen molar-refractivity contribution in [3.8, 4) is 0 Å². The number of nitrogen functional groups attached to an aromatic ring is 1. The first-order chi connectivity index (χ1) is 5.77. The Labute approximate surface area is 70.8 Å². The summed E-state index contributed by atoms with van der Waals surface area (Å²) in [5.74, 6) is 4.66. The molecule has 0 atom stereocenters. The average molecular weight is 165 g/mol. The molecule has 4 heteroatoms. The van der Waals surface area contributed by atoms with E-state index >= 15 is 0 Å². The lowest BCUT2D eigenvalue weighted by atomic mass is 10.1. The summed E-state index contributed by atoms with van der Waals surface area (Å²) >= 11 is 0. The molecule has 0 aromatic carbocycles. The zero-order valence-corrected chi connectivity index (χ0v) is 6.87. The van der Waals surface area contributed by atoms with Crippen LogP contribution < -0.4 is 11.3 Å². The Morgan fingerprint density at radius 2 is 2.42 bits per heavy atom. The van der Waals surface area contributed by atoms with Crippen LogP contribution in [0.2, 0.25) is 0 Å². The van der Waals surface area contributed by atoms with Crippen LogP contribution in [-0.4, -0.2) is 10.9 Å². The molecule has 1 aromatic heterocycles. The zero-order valence-electron chi connectivity index (χ0n) is 6.87. The molecule has 0 radical (unpaired) electrons. The van der Waals surface area contributed by atoms with Gasteiger partial charge in [-0.15, -0.1) is 0 Å². The number of hydrogen-bond acceptors (Lipinski definition) is 3. The lowest BCUT2D eigenvalue weighted by molar-refractivity contribution is 0.0953. The number of pyridine rings is 1. The molecule has 4 nitrogen and oxygen atoms in total. The fraction of sp³-hybridized carbons (Fsp3) is 0.250. The number of amides is 1. The van der Waals surface area contributed by atoms with Gasteiger partial charge in [0.05, 0.1) is 5.56 Å². The van der Waals surface area contributed by atoms with Gasteiger partial charge in [-0.1, -0.05) is 6.92 Å². The lowest BCUT2D eigenvalue weighted by Crippen LogP contribution is -2.30. The number of hydrazine groups is 1. The van der Waals surface area contributed by atoms with E-state index < -0.39 is 0 Å². The maximum Gasteiger partial charge on any atom is 0.266 e. The Morgan fingerprint density at radius 3 is 3.00 bits per heavy atom. The third kappa shape index (κ3) is 1.79. The SMILES string of the molecule is CCc1cncc(C(=O)NN)c1. The number of carbonyl (C=O) groups is 1. The minimum Gasteiger partial charge on any atom is -0.290 e. The number of aryl methyl sites for hydroxylation is 1. The fourth-order valence-electron chi connectivity index (χ4n) is 0.888. The molecule has 0 aliphatic heterocycles. The lowest BCUT2D eigenvalue weighted by Gasteiger charge is -2.00. The van der Waals surface area contributed by atoms with Crippen molar-refractivity contribution >= 4 is 5.91 Å². The van der Waals surface area contributed by atoms with Gasteiger partial charge in [0.25, 0.3) is 5.91 Å². The van der Waals surface area contributed by atoms with Crippen molar-refractivity contribution in [2.45, 2.75) is 13.3 Å². The third-order valence-corrected chi connectivity index (χ3v) is 1.60. The van der Waals surface area contributed by atoms with Crippen LogP contribution in [0.25, 0.3) is 0 Å². The van der Waals surface area contributed by atoms with Gasteiger partial charge in [0.1, 0.15) is 0 Å². The van der Waals surface area contributed by atoms with Gasteiger partial charge in [-0.3, -0.25) is 15.2 Å². The van der Waals surface area contributed by atoms with Crippen molar-refractivity contribution in [2.24, 2.45) is 5.84 Å². The van der Waals surface area contributed by atoms with E-state index in [0.29, 0.717) is 5.56 Å². The predicted molar refractivity (Wildman–Crippen MR) is 45.3 cm³/mol. The van der Waals surface area contributed by atoms with Gasteiger partial charge >= 0.3 is 0 Å². The second-order valence-electron chi connectivity index (χ2n) is 2.41. The zero-order chi connectivity index (χ0) is 8.97. The van der Waals surface area contributed by atoms with E-state index in [1.165, 1.54) is 6.20 Å². The number of nitrogens with zero attached hydrogens (tertiary/aromatic N) is 1. The molecule has 1 heterocycles. The molecule has 0 saturated carbocycles. The molecule has 0 unspecified atom stereocenters. The van der Waals surface area contributed by atoms with Gasteiger partial charge in [0.2, 0.25) is 0 Å². The van der Waals surface area contributed by atoms with Crippen LogP contribution >= 0.6 is 0 Å². The van der Waals surface area contributed by atoms with Crippen LogP contribution in [0.1, 0.15) is 22.8 Å². The van der Waals surface area contributed by atoms with Crippen molar-refractivity contribution < 1.29 is 4.79 Å². The molecule has 0 aliphatic carbocycles. The summed E-state index contributed by atoms with van der Waals surface area (Å²) in [5.41, 5.74) is 3.57. The van der Waals surface area contributed by atoms with Crippen LogP contribution in [0, 0.1) is 0 Å². The predicted octanol–water partition coefficient (Wildman–Crippen LogP) is 0.247. The molecule has 0 spiro atoms. The van der Waals surface area contributed by atoms with Gasteiger partial charge in [-0.2, -0.15) is 0 Å². The Morgan fingerprint density at radius 1 is 1.67 bits per heavy atom. The fourth-order valence-corrected chi connectivity index (χ4v) is 0.888. The van der Waals surface area contributed by atoms with Crippen LogP contribution in [0.15, 0.2) is 18.5 Å². The quantitative estimate of drug-likeness (QED) is 0.375. The Hall–Kier alpha value is -1.42. The molecule has 64 valence electrons. The monoisotopic (exact) mass is 165 g/mol. The number of rotatable bonds is 2. The standard InChI is InChI=1S/C8H11N3O/c1-2-6-3-7(5-10-4-6)8(12)11-9/h3-5H,2,9H2,1H3,(H,11,12). The molecule has 0 bridgehead atoms. The van der Waals surface area contributed by atoms with Gasteiger partial charge in [0.15, 0.2) is 0 Å². The first kappa shape index (κ1) is 8.67. The molecular weight excluding hydrogens is 154 g/mol. The van der Waals surface area contributed by atoms with Crippen molar-refractivity contribution in [1.82, 2.24) is 10.4 Å². The maximum absolute atomic E-state index is 11.0. The summed E-state index contributed by atoms with van der Waals surface area (Å²) in [6.45, 7) is 2.00. The van der Waals surface area contributed by atoms with E-state index in [0.717, 1.165) is 12.0 Å². The number of carbonyl (C=O) groups excluding carboxylic acids is 1. The molecule has 3 N–H and O–H groups in total. The summed E-state index contributed by atoms with van der Waals surface area (Å²) in [6.07, 6.45) is 4.08. The van der Waals surface area contributed by atoms with Crippen molar-refractivity contribution in [3.63, 3.8) is 0 Å². The highest BCUT2D eigenvalue weighted by molar-refractivity contribution is 5.93. The first-order valence-electron chi connectivity index (χ1n) is 3.72. The normalized spacial score (nSPS) is 9.50. The third-order valence-electron chi connectivity index (χ3n) is 1.60. The number of hydrogen-bond donors (Lipinski definition) is 2. The summed E-state index contributed by atoms with van der Waals surface area (Å²) in [5, 5.41) is 0. The van der Waals surface area contributed by atoms with Gasteiger partial charge in [-0.05, 0) is 18.1 Å². The second kappa shape index (κ2) is 3.82. The molecule has 1 aromatic rings. The van der Waals surface area contributed by atoms with E-state index in [2.05, 4.69) is 10.4 Å². The summed E-state index contributed by atoms with van der Waals surface area (Å²) < 4.78 is 0. The van der Waals surface area contributed by atoms with E-state index in [9.17, 15) is 4.79 Å². The van der Waals surface area contributed by atoms with Crippen molar-refractivity contribution in [3.05, 3.63) is 29.6 Å². The van der Waals surface area contributed by atoms with E-state index in [4.69, 9.17) is 5.84 Å². The second-order valence-corrected chi connectivity index (χ2v) is 2.41. The van der Waals surface area contributed by atoms with Crippen LogP contribution in [0.5, 0.6) is 0 Å². The Balaban J connectivity index is 2.93. The molecule has 12 heavy (non-hydrogen) atoms. The highest BCUT2D eigenvalue weighted by atomic mass is 16.2. The molecular formula is C8H11N3O. The van der Waals surface area contributed by atoms with E-state index in [-0.39, 0.29) is 5.91 Å². The number of nitrogens with two attached hydrogens (primary N) is 1. The van der Waals surface area contributed by atoms with Gasteiger partial charge in [-0.25, -0.2) is 5.84 Å². The Bertz CT molecular complexity index is 285. The molecule has 0 saturated heterocycles. The minimum absolute atomic E-state index is 0.308. The van der Waals surface area contributed by atoms with E-state index in [1.54, 1.807) is 12.3 Å². The largest absolute Gasteiger partial charge is 0.290 e. The smallest absolute Gasteiger partial charge is 0.266 e. The maximum atomic E-state index is 11.0. The summed E-state index contributed by atoms with van der Waals surface area (Å²) in [6, 6.07) is 1.77. The van der Waals surface area contributed by atoms with Crippen molar-refractivity contribution in [1.29, 1.82) is 0 Å². The summed E-state index contributed by atoms with van der Waals surface area (Å²) in [4.78, 5) is 14.9. The minimum atomic E-state index is -0.308. The highest BCUT2D eigenvalue weighted by Gasteiger charge is 2.03. The average Bonchev–Trinajstić information content (AvgIpc) is 2.17. The molecule has 1 rings (SSSR count). The first-order valence-corrected chi connectivity index (χ1v) is 3.72. The number of nitrogens with one attached hydrogen (secondary N) is 1. The number of aromatic nitrogens is 1.